The number of hydrogen-bond acceptors (Lipinski definition) is 1. The minimum absolute atomic E-state index is 0.0672. The third-order valence-electron chi connectivity index (χ3n) is 3.71. The lowest BCUT2D eigenvalue weighted by atomic mass is 9.67. The van der Waals surface area contributed by atoms with Crippen molar-refractivity contribution in [3.05, 3.63) is 0 Å². The fourth-order valence-corrected chi connectivity index (χ4v) is 2.46. The highest BCUT2D eigenvalue weighted by atomic mass is 16.5. The molecule has 1 aliphatic rings. The van der Waals surface area contributed by atoms with Gasteiger partial charge in [-0.3, -0.25) is 0 Å². The zero-order valence-corrected chi connectivity index (χ0v) is 9.81. The van der Waals surface area contributed by atoms with Gasteiger partial charge in [0.15, 0.2) is 0 Å². The molecule has 1 rings (SSSR count). The van der Waals surface area contributed by atoms with E-state index < -0.39 is 0 Å². The van der Waals surface area contributed by atoms with Crippen LogP contribution in [0.1, 0.15) is 53.4 Å². The molecule has 0 bridgehead atoms. The average molecular weight is 184 g/mol. The summed E-state index contributed by atoms with van der Waals surface area (Å²) in [6.45, 7) is 9.20. The Morgan fingerprint density at radius 3 is 2.38 bits per heavy atom. The van der Waals surface area contributed by atoms with Crippen LogP contribution in [0.5, 0.6) is 0 Å². The molecule has 1 heteroatoms. The topological polar surface area (TPSA) is 9.23 Å². The minimum atomic E-state index is 0.0672. The SMILES string of the molecule is COC(C)(C)C1CCCC(C)(C)C1. The number of hydrogen-bond donors (Lipinski definition) is 0. The van der Waals surface area contributed by atoms with Gasteiger partial charge in [-0.2, -0.15) is 0 Å². The lowest BCUT2D eigenvalue weighted by Gasteiger charge is -2.42. The Morgan fingerprint density at radius 2 is 1.92 bits per heavy atom. The first kappa shape index (κ1) is 11.0. The molecule has 0 spiro atoms. The van der Waals surface area contributed by atoms with Gasteiger partial charge in [0.05, 0.1) is 5.60 Å². The second-order valence-corrected chi connectivity index (χ2v) is 5.77. The van der Waals surface area contributed by atoms with Gasteiger partial charge in [-0.25, -0.2) is 0 Å². The summed E-state index contributed by atoms with van der Waals surface area (Å²) < 4.78 is 5.57. The molecule has 78 valence electrons. The number of rotatable bonds is 2. The molecule has 0 heterocycles. The Morgan fingerprint density at radius 1 is 1.31 bits per heavy atom. The van der Waals surface area contributed by atoms with E-state index in [1.165, 1.54) is 25.7 Å². The fourth-order valence-electron chi connectivity index (χ4n) is 2.46. The summed E-state index contributed by atoms with van der Waals surface area (Å²) in [5.74, 6) is 0.737. The van der Waals surface area contributed by atoms with Gasteiger partial charge in [0.25, 0.3) is 0 Å². The van der Waals surface area contributed by atoms with Gasteiger partial charge >= 0.3 is 0 Å². The smallest absolute Gasteiger partial charge is 0.0650 e. The summed E-state index contributed by atoms with van der Waals surface area (Å²) in [5.41, 5.74) is 0.594. The molecule has 0 N–H and O–H groups in total. The predicted molar refractivity (Wildman–Crippen MR) is 56.8 cm³/mol. The number of methoxy groups -OCH3 is 1. The molecule has 1 nitrogen and oxygen atoms in total. The van der Waals surface area contributed by atoms with Crippen molar-refractivity contribution in [2.75, 3.05) is 7.11 Å². The molecule has 1 unspecified atom stereocenters. The maximum atomic E-state index is 5.57. The zero-order valence-electron chi connectivity index (χ0n) is 9.81. The van der Waals surface area contributed by atoms with Gasteiger partial charge in [-0.05, 0) is 44.4 Å². The van der Waals surface area contributed by atoms with Gasteiger partial charge in [-0.15, -0.1) is 0 Å². The van der Waals surface area contributed by atoms with Crippen LogP contribution < -0.4 is 0 Å². The van der Waals surface area contributed by atoms with Crippen molar-refractivity contribution in [3.63, 3.8) is 0 Å². The quantitative estimate of drug-likeness (QED) is 0.637. The molecule has 1 aliphatic carbocycles. The van der Waals surface area contributed by atoms with Crippen LogP contribution in [-0.4, -0.2) is 12.7 Å². The summed E-state index contributed by atoms with van der Waals surface area (Å²) in [6.07, 6.45) is 5.39. The van der Waals surface area contributed by atoms with Crippen molar-refractivity contribution < 1.29 is 4.74 Å². The Labute approximate surface area is 82.9 Å². The Bertz CT molecular complexity index is 170. The monoisotopic (exact) mass is 184 g/mol. The standard InChI is InChI=1S/C12H24O/c1-11(2)8-6-7-10(9-11)12(3,4)13-5/h10H,6-9H2,1-5H3. The normalized spacial score (nSPS) is 28.8. The highest BCUT2D eigenvalue weighted by Gasteiger charge is 2.36. The van der Waals surface area contributed by atoms with E-state index in [4.69, 9.17) is 4.74 Å². The molecule has 0 saturated heterocycles. The molecule has 0 amide bonds. The molecule has 1 atom stereocenters. The van der Waals surface area contributed by atoms with E-state index in [1.54, 1.807) is 0 Å². The van der Waals surface area contributed by atoms with E-state index in [1.807, 2.05) is 7.11 Å². The number of ether oxygens (including phenoxy) is 1. The maximum Gasteiger partial charge on any atom is 0.0650 e. The molecule has 0 aromatic rings. The summed E-state index contributed by atoms with van der Waals surface area (Å²) in [6, 6.07) is 0. The van der Waals surface area contributed by atoms with Crippen LogP contribution in [0.25, 0.3) is 0 Å². The first-order valence-corrected chi connectivity index (χ1v) is 5.42. The third kappa shape index (κ3) is 2.70. The Balaban J connectivity index is 2.61. The highest BCUT2D eigenvalue weighted by molar-refractivity contribution is 4.88. The fraction of sp³-hybridized carbons (Fsp3) is 1.00. The molecule has 0 aromatic carbocycles. The van der Waals surface area contributed by atoms with Crippen LogP contribution >= 0.6 is 0 Å². The second-order valence-electron chi connectivity index (χ2n) is 5.77. The van der Waals surface area contributed by atoms with E-state index in [0.717, 1.165) is 5.92 Å². The Hall–Kier alpha value is -0.0400. The second kappa shape index (κ2) is 3.61. The maximum absolute atomic E-state index is 5.57. The van der Waals surface area contributed by atoms with Crippen molar-refractivity contribution in [1.82, 2.24) is 0 Å². The molecule has 0 aromatic heterocycles. The summed E-state index contributed by atoms with van der Waals surface area (Å²) in [5, 5.41) is 0. The molecule has 0 aliphatic heterocycles. The van der Waals surface area contributed by atoms with Crippen molar-refractivity contribution >= 4 is 0 Å². The van der Waals surface area contributed by atoms with Crippen LogP contribution in [0, 0.1) is 11.3 Å². The average Bonchev–Trinajstić information content (AvgIpc) is 2.03. The van der Waals surface area contributed by atoms with Crippen LogP contribution in [0.15, 0.2) is 0 Å². The lowest BCUT2D eigenvalue weighted by molar-refractivity contribution is -0.0568. The van der Waals surface area contributed by atoms with Crippen molar-refractivity contribution in [2.45, 2.75) is 59.0 Å². The van der Waals surface area contributed by atoms with Gasteiger partial charge < -0.3 is 4.74 Å². The van der Waals surface area contributed by atoms with Gasteiger partial charge in [0, 0.05) is 7.11 Å². The van der Waals surface area contributed by atoms with Crippen LogP contribution in [0.2, 0.25) is 0 Å². The summed E-state index contributed by atoms with van der Waals surface area (Å²) >= 11 is 0. The van der Waals surface area contributed by atoms with E-state index >= 15 is 0 Å². The van der Waals surface area contributed by atoms with Crippen LogP contribution in [0.3, 0.4) is 0 Å². The van der Waals surface area contributed by atoms with E-state index in [-0.39, 0.29) is 5.60 Å². The van der Waals surface area contributed by atoms with E-state index in [2.05, 4.69) is 27.7 Å². The third-order valence-corrected chi connectivity index (χ3v) is 3.71. The largest absolute Gasteiger partial charge is 0.379 e. The van der Waals surface area contributed by atoms with Gasteiger partial charge in [0.2, 0.25) is 0 Å². The molecule has 1 fully saturated rings. The molecular weight excluding hydrogens is 160 g/mol. The highest BCUT2D eigenvalue weighted by Crippen LogP contribution is 2.43. The Kier molecular flexibility index (Phi) is 3.06. The summed E-state index contributed by atoms with van der Waals surface area (Å²) in [4.78, 5) is 0. The molecule has 0 radical (unpaired) electrons. The van der Waals surface area contributed by atoms with Gasteiger partial charge in [0.1, 0.15) is 0 Å². The molecule has 13 heavy (non-hydrogen) atoms. The first-order valence-electron chi connectivity index (χ1n) is 5.42. The minimum Gasteiger partial charge on any atom is -0.379 e. The molecule has 1 saturated carbocycles. The van der Waals surface area contributed by atoms with Crippen LogP contribution in [-0.2, 0) is 4.74 Å². The summed E-state index contributed by atoms with van der Waals surface area (Å²) in [7, 11) is 1.83. The van der Waals surface area contributed by atoms with Gasteiger partial charge in [-0.1, -0.05) is 20.3 Å². The van der Waals surface area contributed by atoms with Crippen LogP contribution in [0.4, 0.5) is 0 Å². The molecular formula is C12H24O. The van der Waals surface area contributed by atoms with E-state index in [0.29, 0.717) is 5.41 Å². The van der Waals surface area contributed by atoms with Crippen molar-refractivity contribution in [2.24, 2.45) is 11.3 Å². The van der Waals surface area contributed by atoms with Crippen molar-refractivity contribution in [3.8, 4) is 0 Å². The van der Waals surface area contributed by atoms with Crippen molar-refractivity contribution in [1.29, 1.82) is 0 Å². The first-order chi connectivity index (χ1) is 5.87. The zero-order chi connectivity index (χ0) is 10.1. The van der Waals surface area contributed by atoms with E-state index in [9.17, 15) is 0 Å². The lowest BCUT2D eigenvalue weighted by Crippen LogP contribution is -2.38. The predicted octanol–water partition coefficient (Wildman–Crippen LogP) is 3.63.